The Bertz CT molecular complexity index is 1070. The van der Waals surface area contributed by atoms with Gasteiger partial charge in [-0.25, -0.2) is 0 Å². The zero-order valence-electron chi connectivity index (χ0n) is 17.6. The fourth-order valence-corrected chi connectivity index (χ4v) is 4.16. The number of ketones is 1. The van der Waals surface area contributed by atoms with Crippen molar-refractivity contribution >= 4 is 39.4 Å². The highest BCUT2D eigenvalue weighted by Gasteiger charge is 2.23. The molecule has 1 aromatic heterocycles. The van der Waals surface area contributed by atoms with E-state index in [0.29, 0.717) is 34.4 Å². The number of methoxy groups -OCH3 is 1. The van der Waals surface area contributed by atoms with Gasteiger partial charge in [-0.05, 0) is 43.3 Å². The van der Waals surface area contributed by atoms with E-state index in [4.69, 9.17) is 4.74 Å². The van der Waals surface area contributed by atoms with Crippen molar-refractivity contribution in [1.29, 1.82) is 0 Å². The second kappa shape index (κ2) is 11.3. The van der Waals surface area contributed by atoms with Crippen molar-refractivity contribution in [2.75, 3.05) is 19.5 Å². The minimum absolute atomic E-state index is 0.0266. The van der Waals surface area contributed by atoms with Gasteiger partial charge in [0.15, 0.2) is 16.8 Å². The normalized spacial score (nSPS) is 11.8. The molecule has 3 aromatic rings. The van der Waals surface area contributed by atoms with Gasteiger partial charge in [0.25, 0.3) is 5.91 Å². The van der Waals surface area contributed by atoms with E-state index < -0.39 is 6.04 Å². The van der Waals surface area contributed by atoms with Crippen LogP contribution in [0.4, 0.5) is 0 Å². The van der Waals surface area contributed by atoms with Crippen molar-refractivity contribution in [2.24, 2.45) is 0 Å². The molecule has 2 N–H and O–H groups in total. The van der Waals surface area contributed by atoms with Gasteiger partial charge in [-0.3, -0.25) is 9.59 Å². The highest BCUT2D eigenvalue weighted by atomic mass is 79.9. The molecule has 0 unspecified atom stereocenters. The van der Waals surface area contributed by atoms with Crippen molar-refractivity contribution in [2.45, 2.75) is 24.7 Å². The minimum atomic E-state index is -0.742. The number of thioether (sulfide) groups is 1. The van der Waals surface area contributed by atoms with Gasteiger partial charge in [-0.2, -0.15) is 0 Å². The molecule has 0 aliphatic rings. The van der Waals surface area contributed by atoms with E-state index in [2.05, 4.69) is 31.4 Å². The molecule has 10 heteroatoms. The third-order valence-electron chi connectivity index (χ3n) is 4.71. The second-order valence-electron chi connectivity index (χ2n) is 6.74. The third kappa shape index (κ3) is 5.76. The summed E-state index contributed by atoms with van der Waals surface area (Å²) in [5, 5.41) is 21.6. The first kappa shape index (κ1) is 24.0. The maximum absolute atomic E-state index is 12.6. The van der Waals surface area contributed by atoms with Crippen molar-refractivity contribution < 1.29 is 19.4 Å². The average Bonchev–Trinajstić information content (AvgIpc) is 3.24. The molecule has 0 aliphatic heterocycles. The number of rotatable bonds is 10. The molecule has 8 nitrogen and oxygen atoms in total. The average molecular weight is 519 g/mol. The fraction of sp³-hybridized carbons (Fsp3) is 0.273. The number of carbonyl (C=O) groups excluding carboxylic acids is 2. The Morgan fingerprint density at radius 3 is 2.38 bits per heavy atom. The number of amides is 1. The summed E-state index contributed by atoms with van der Waals surface area (Å²) in [6.07, 6.45) is 0. The summed E-state index contributed by atoms with van der Waals surface area (Å²) in [7, 11) is 1.55. The highest BCUT2D eigenvalue weighted by molar-refractivity contribution is 9.10. The lowest BCUT2D eigenvalue weighted by atomic mass is 10.2. The first-order valence-corrected chi connectivity index (χ1v) is 11.6. The van der Waals surface area contributed by atoms with Gasteiger partial charge in [0.05, 0.1) is 19.5 Å². The number of hydrogen-bond donors (Lipinski definition) is 2. The third-order valence-corrected chi connectivity index (χ3v) is 6.21. The molecule has 1 amide bonds. The Hall–Kier alpha value is -2.69. The van der Waals surface area contributed by atoms with Crippen LogP contribution in [0.3, 0.4) is 0 Å². The van der Waals surface area contributed by atoms with E-state index in [9.17, 15) is 14.7 Å². The molecule has 3 rings (SSSR count). The molecule has 0 fully saturated rings. The Morgan fingerprint density at radius 2 is 1.78 bits per heavy atom. The first-order chi connectivity index (χ1) is 15.5. The molecule has 0 saturated carbocycles. The van der Waals surface area contributed by atoms with Gasteiger partial charge in [-0.1, -0.05) is 39.8 Å². The number of nitrogens with one attached hydrogen (secondary N) is 1. The zero-order valence-corrected chi connectivity index (χ0v) is 20.0. The molecular formula is C22H23BrN4O4S. The Balaban J connectivity index is 1.70. The molecule has 0 radical (unpaired) electrons. The molecule has 32 heavy (non-hydrogen) atoms. The summed E-state index contributed by atoms with van der Waals surface area (Å²) < 4.78 is 7.80. The number of aliphatic hydroxyl groups excluding tert-OH is 1. The maximum atomic E-state index is 12.6. The Kier molecular flexibility index (Phi) is 8.43. The van der Waals surface area contributed by atoms with Crippen LogP contribution >= 0.6 is 27.7 Å². The van der Waals surface area contributed by atoms with Crippen LogP contribution in [0.1, 0.15) is 39.5 Å². The molecule has 0 bridgehead atoms. The summed E-state index contributed by atoms with van der Waals surface area (Å²) in [5.41, 5.74) is 1.05. The number of halogens is 1. The topological polar surface area (TPSA) is 106 Å². The summed E-state index contributed by atoms with van der Waals surface area (Å²) in [5.74, 6) is 0.890. The van der Waals surface area contributed by atoms with Gasteiger partial charge in [-0.15, -0.1) is 10.2 Å². The SMILES string of the molecule is CCn1c(SCC(=O)c2ccc(Br)cc2)nnc1[C@H](CO)NC(=O)c1ccc(OC)cc1. The molecule has 1 atom stereocenters. The largest absolute Gasteiger partial charge is 0.497 e. The molecule has 168 valence electrons. The number of aliphatic hydroxyl groups is 1. The van der Waals surface area contributed by atoms with Gasteiger partial charge < -0.3 is 19.7 Å². The van der Waals surface area contributed by atoms with E-state index in [1.54, 1.807) is 48.1 Å². The van der Waals surface area contributed by atoms with Crippen molar-refractivity contribution in [3.05, 3.63) is 70.0 Å². The standard InChI is InChI=1S/C22H23BrN4O4S/c1-3-27-20(18(12-28)24-21(30)15-6-10-17(31-2)11-7-15)25-26-22(27)32-13-19(29)14-4-8-16(23)9-5-14/h4-11,18,28H,3,12-13H2,1-2H3,(H,24,30)/t18-/m0/s1. The first-order valence-electron chi connectivity index (χ1n) is 9.87. The predicted octanol–water partition coefficient (Wildman–Crippen LogP) is 3.51. The maximum Gasteiger partial charge on any atom is 0.251 e. The molecule has 0 aliphatic carbocycles. The minimum Gasteiger partial charge on any atom is -0.497 e. The lowest BCUT2D eigenvalue weighted by Crippen LogP contribution is -2.32. The zero-order chi connectivity index (χ0) is 23.1. The van der Waals surface area contributed by atoms with Crippen LogP contribution < -0.4 is 10.1 Å². The lowest BCUT2D eigenvalue weighted by molar-refractivity contribution is 0.0911. The number of hydrogen-bond acceptors (Lipinski definition) is 7. The van der Waals surface area contributed by atoms with Gasteiger partial charge in [0.1, 0.15) is 11.8 Å². The quantitative estimate of drug-likeness (QED) is 0.312. The van der Waals surface area contributed by atoms with Crippen LogP contribution in [-0.2, 0) is 6.54 Å². The van der Waals surface area contributed by atoms with Crippen LogP contribution in [0.15, 0.2) is 58.2 Å². The number of nitrogens with zero attached hydrogens (tertiary/aromatic N) is 3. The number of aromatic nitrogens is 3. The van der Waals surface area contributed by atoms with Crippen LogP contribution in [0.2, 0.25) is 0 Å². The van der Waals surface area contributed by atoms with Gasteiger partial charge in [0.2, 0.25) is 0 Å². The van der Waals surface area contributed by atoms with E-state index >= 15 is 0 Å². The van der Waals surface area contributed by atoms with Gasteiger partial charge >= 0.3 is 0 Å². The number of carbonyl (C=O) groups is 2. The van der Waals surface area contributed by atoms with Crippen molar-refractivity contribution in [1.82, 2.24) is 20.1 Å². The monoisotopic (exact) mass is 518 g/mol. The van der Waals surface area contributed by atoms with E-state index in [-0.39, 0.29) is 24.1 Å². The smallest absolute Gasteiger partial charge is 0.251 e. The number of ether oxygens (including phenoxy) is 1. The molecule has 1 heterocycles. The molecule has 0 spiro atoms. The van der Waals surface area contributed by atoms with Crippen LogP contribution in [0.25, 0.3) is 0 Å². The highest BCUT2D eigenvalue weighted by Crippen LogP contribution is 2.22. The van der Waals surface area contributed by atoms with E-state index in [0.717, 1.165) is 4.47 Å². The molecular weight excluding hydrogens is 496 g/mol. The molecule has 2 aromatic carbocycles. The van der Waals surface area contributed by atoms with E-state index in [1.165, 1.54) is 11.8 Å². The van der Waals surface area contributed by atoms with E-state index in [1.807, 2.05) is 19.1 Å². The van der Waals surface area contributed by atoms with Crippen LogP contribution in [-0.4, -0.2) is 51.0 Å². The second-order valence-corrected chi connectivity index (χ2v) is 8.60. The van der Waals surface area contributed by atoms with Crippen molar-refractivity contribution in [3.63, 3.8) is 0 Å². The molecule has 0 saturated heterocycles. The Morgan fingerprint density at radius 1 is 1.12 bits per heavy atom. The van der Waals surface area contributed by atoms with Crippen molar-refractivity contribution in [3.8, 4) is 5.75 Å². The van der Waals surface area contributed by atoms with Crippen LogP contribution in [0.5, 0.6) is 5.75 Å². The van der Waals surface area contributed by atoms with Crippen LogP contribution in [0, 0.1) is 0 Å². The summed E-state index contributed by atoms with van der Waals surface area (Å²) >= 11 is 4.62. The summed E-state index contributed by atoms with van der Waals surface area (Å²) in [6.45, 7) is 2.09. The fourth-order valence-electron chi connectivity index (χ4n) is 2.99. The predicted molar refractivity (Wildman–Crippen MR) is 125 cm³/mol. The number of benzene rings is 2. The summed E-state index contributed by atoms with van der Waals surface area (Å²) in [6, 6.07) is 13.1. The number of Topliss-reactive ketones (excluding diaryl/α,β-unsaturated/α-hetero) is 1. The summed E-state index contributed by atoms with van der Waals surface area (Å²) in [4.78, 5) is 25.1. The Labute approximate surface area is 198 Å². The lowest BCUT2D eigenvalue weighted by Gasteiger charge is -2.17. The van der Waals surface area contributed by atoms with Gasteiger partial charge in [0, 0.05) is 22.1 Å².